The van der Waals surface area contributed by atoms with E-state index in [4.69, 9.17) is 9.47 Å². The van der Waals surface area contributed by atoms with Crippen LogP contribution in [0.1, 0.15) is 58.6 Å². The van der Waals surface area contributed by atoms with Crippen molar-refractivity contribution in [1.29, 1.82) is 0 Å². The Kier molecular flexibility index (Phi) is 11.4. The number of thioether (sulfide) groups is 1. The summed E-state index contributed by atoms with van der Waals surface area (Å²) in [4.78, 5) is 69.1. The predicted molar refractivity (Wildman–Crippen MR) is 220 cm³/mol. The number of hydrogen-bond acceptors (Lipinski definition) is 8. The second kappa shape index (κ2) is 17.1. The Morgan fingerprint density at radius 2 is 1.32 bits per heavy atom. The third-order valence-corrected chi connectivity index (χ3v) is 10.4. The summed E-state index contributed by atoms with van der Waals surface area (Å²) >= 11 is 1.24. The molecule has 7 rings (SSSR count). The summed E-state index contributed by atoms with van der Waals surface area (Å²) in [5.41, 5.74) is 3.08. The van der Waals surface area contributed by atoms with Crippen molar-refractivity contribution in [3.63, 3.8) is 0 Å². The molecule has 6 aromatic carbocycles. The number of rotatable bonds is 12. The van der Waals surface area contributed by atoms with Gasteiger partial charge in [-0.15, -0.1) is 11.8 Å². The summed E-state index contributed by atoms with van der Waals surface area (Å²) in [7, 11) is 3.02. The lowest BCUT2D eigenvalue weighted by Crippen LogP contribution is -2.30. The first-order valence-corrected chi connectivity index (χ1v) is 18.7. The molecule has 0 fully saturated rings. The lowest BCUT2D eigenvalue weighted by Gasteiger charge is -2.22. The van der Waals surface area contributed by atoms with Gasteiger partial charge >= 0.3 is 0 Å². The summed E-state index contributed by atoms with van der Waals surface area (Å²) in [5.74, 6) is -1.18. The average Bonchev–Trinajstić information content (AvgIpc) is 3.25. The van der Waals surface area contributed by atoms with E-state index in [1.165, 1.54) is 32.1 Å². The van der Waals surface area contributed by atoms with Crippen molar-refractivity contribution in [2.75, 3.05) is 24.9 Å². The molecule has 0 aliphatic heterocycles. The maximum atomic E-state index is 14.2. The van der Waals surface area contributed by atoms with Crippen LogP contribution in [0.3, 0.4) is 0 Å². The first-order chi connectivity index (χ1) is 27.7. The lowest BCUT2D eigenvalue weighted by molar-refractivity contribution is -0.116. The van der Waals surface area contributed by atoms with Crippen LogP contribution in [0.5, 0.6) is 11.5 Å². The highest BCUT2D eigenvalue weighted by molar-refractivity contribution is 8.00. The van der Waals surface area contributed by atoms with E-state index < -0.39 is 23.0 Å². The number of ether oxygens (including phenoxy) is 2. The van der Waals surface area contributed by atoms with Crippen LogP contribution in [0.25, 0.3) is 6.08 Å². The Bertz CT molecular complexity index is 2560. The Labute approximate surface area is 332 Å². The highest BCUT2D eigenvalue weighted by Crippen LogP contribution is 2.39. The monoisotopic (exact) mass is 773 g/mol. The Morgan fingerprint density at radius 1 is 0.649 bits per heavy atom. The molecule has 0 aromatic heterocycles. The second-order valence-corrected chi connectivity index (χ2v) is 14.0. The van der Waals surface area contributed by atoms with E-state index in [0.717, 1.165) is 0 Å². The summed E-state index contributed by atoms with van der Waals surface area (Å²) in [6.07, 6.45) is 1.51. The first kappa shape index (κ1) is 38.1. The van der Waals surface area contributed by atoms with Crippen LogP contribution in [0.15, 0.2) is 156 Å². The molecule has 1 atom stereocenters. The molecule has 0 spiro atoms. The number of methoxy groups -OCH3 is 2. The van der Waals surface area contributed by atoms with E-state index in [0.29, 0.717) is 44.3 Å². The molecule has 57 heavy (non-hydrogen) atoms. The van der Waals surface area contributed by atoms with Crippen LogP contribution in [0, 0.1) is 0 Å². The minimum absolute atomic E-state index is 0.0585. The molecule has 0 saturated carbocycles. The van der Waals surface area contributed by atoms with Crippen molar-refractivity contribution in [1.82, 2.24) is 5.32 Å². The molecule has 11 heteroatoms. The van der Waals surface area contributed by atoms with Crippen LogP contribution in [-0.2, 0) is 9.59 Å². The highest BCUT2D eigenvalue weighted by atomic mass is 32.2. The van der Waals surface area contributed by atoms with Gasteiger partial charge in [-0.05, 0) is 66.2 Å². The fourth-order valence-corrected chi connectivity index (χ4v) is 7.46. The van der Waals surface area contributed by atoms with Gasteiger partial charge in [0.15, 0.2) is 11.6 Å². The smallest absolute Gasteiger partial charge is 0.272 e. The minimum atomic E-state index is -0.809. The topological polar surface area (TPSA) is 140 Å². The Morgan fingerprint density at radius 3 is 2.04 bits per heavy atom. The van der Waals surface area contributed by atoms with Crippen molar-refractivity contribution in [3.8, 4) is 11.5 Å². The summed E-state index contributed by atoms with van der Waals surface area (Å²) in [6, 6.07) is 41.2. The van der Waals surface area contributed by atoms with E-state index in [-0.39, 0.29) is 39.6 Å². The number of carbonyl (C=O) groups is 5. The zero-order valence-corrected chi connectivity index (χ0v) is 31.6. The van der Waals surface area contributed by atoms with Gasteiger partial charge in [-0.2, -0.15) is 0 Å². The third-order valence-electron chi connectivity index (χ3n) is 9.16. The molecule has 3 amide bonds. The predicted octanol–water partition coefficient (Wildman–Crippen LogP) is 8.36. The van der Waals surface area contributed by atoms with E-state index in [9.17, 15) is 24.0 Å². The van der Waals surface area contributed by atoms with Gasteiger partial charge in [0.25, 0.3) is 11.8 Å². The third kappa shape index (κ3) is 8.38. The van der Waals surface area contributed by atoms with E-state index >= 15 is 0 Å². The number of amides is 3. The summed E-state index contributed by atoms with van der Waals surface area (Å²) < 4.78 is 10.9. The molecule has 3 N–H and O–H groups in total. The highest BCUT2D eigenvalue weighted by Gasteiger charge is 2.33. The standard InChI is InChI=1S/C46H35N3O7S/c1-55-32-23-24-39(56-2)30(25-32)26-38(49-44(52)29-15-7-4-8-16-29)45(53)47-31-17-11-18-33(27-31)57-43(28-13-5-3-6-14-28)46(54)48-37-22-12-21-36-40(37)42(51)35-20-10-9-19-34(35)41(36)50/h3-27,43H,1-2H3,(H,47,53)(H,48,54)(H,49,52)/b38-26+. The fraction of sp³-hybridized carbons (Fsp3) is 0.0652. The van der Waals surface area contributed by atoms with Gasteiger partial charge in [0, 0.05) is 38.4 Å². The Hall–Kier alpha value is -7.24. The van der Waals surface area contributed by atoms with Crippen LogP contribution < -0.4 is 25.4 Å². The molecule has 0 saturated heterocycles. The van der Waals surface area contributed by atoms with Crippen molar-refractivity contribution in [2.45, 2.75) is 10.1 Å². The van der Waals surface area contributed by atoms with Crippen molar-refractivity contribution in [3.05, 3.63) is 190 Å². The van der Waals surface area contributed by atoms with Gasteiger partial charge in [0.1, 0.15) is 22.4 Å². The molecule has 0 bridgehead atoms. The SMILES string of the molecule is COc1ccc(OC)c(/C=C(/NC(=O)c2ccccc2)C(=O)Nc2cccc(SC(C(=O)Nc3cccc4c3C(=O)c3ccccc3C4=O)c3ccccc3)c2)c1. The van der Waals surface area contributed by atoms with Gasteiger partial charge in [0.05, 0.1) is 25.5 Å². The van der Waals surface area contributed by atoms with Crippen molar-refractivity contribution >= 4 is 58.5 Å². The zero-order valence-electron chi connectivity index (χ0n) is 30.8. The molecule has 6 aromatic rings. The zero-order chi connectivity index (χ0) is 39.9. The molecule has 10 nitrogen and oxygen atoms in total. The van der Waals surface area contributed by atoms with Gasteiger partial charge in [-0.25, -0.2) is 0 Å². The van der Waals surface area contributed by atoms with Crippen molar-refractivity contribution < 1.29 is 33.4 Å². The van der Waals surface area contributed by atoms with Gasteiger partial charge in [-0.1, -0.05) is 91.0 Å². The van der Waals surface area contributed by atoms with Crippen molar-refractivity contribution in [2.24, 2.45) is 0 Å². The van der Waals surface area contributed by atoms with Gasteiger partial charge in [0.2, 0.25) is 5.91 Å². The largest absolute Gasteiger partial charge is 0.497 e. The molecular weight excluding hydrogens is 739 g/mol. The molecule has 0 radical (unpaired) electrons. The van der Waals surface area contributed by atoms with Crippen LogP contribution in [0.4, 0.5) is 11.4 Å². The van der Waals surface area contributed by atoms with Crippen LogP contribution >= 0.6 is 11.8 Å². The van der Waals surface area contributed by atoms with Crippen LogP contribution in [-0.4, -0.2) is 43.5 Å². The minimum Gasteiger partial charge on any atom is -0.497 e. The number of ketones is 2. The molecule has 282 valence electrons. The molecule has 1 aliphatic carbocycles. The molecule has 1 unspecified atom stereocenters. The number of hydrogen-bond donors (Lipinski definition) is 3. The van der Waals surface area contributed by atoms with Crippen LogP contribution in [0.2, 0.25) is 0 Å². The second-order valence-electron chi connectivity index (χ2n) is 12.8. The van der Waals surface area contributed by atoms with Gasteiger partial charge in [-0.3, -0.25) is 24.0 Å². The number of anilines is 2. The normalized spacial score (nSPS) is 12.4. The summed E-state index contributed by atoms with van der Waals surface area (Å²) in [6.45, 7) is 0. The van der Waals surface area contributed by atoms with Gasteiger partial charge < -0.3 is 25.4 Å². The maximum Gasteiger partial charge on any atom is 0.272 e. The number of nitrogens with one attached hydrogen (secondary N) is 3. The van der Waals surface area contributed by atoms with E-state index in [1.54, 1.807) is 109 Å². The average molecular weight is 774 g/mol. The quantitative estimate of drug-likeness (QED) is 0.0832. The Balaban J connectivity index is 1.16. The molecule has 0 heterocycles. The molecule has 1 aliphatic rings. The summed E-state index contributed by atoms with van der Waals surface area (Å²) in [5, 5.41) is 7.75. The number of carbonyl (C=O) groups excluding carboxylic acids is 5. The van der Waals surface area contributed by atoms with E-state index in [2.05, 4.69) is 16.0 Å². The first-order valence-electron chi connectivity index (χ1n) is 17.8. The molecular formula is C46H35N3O7S. The number of fused-ring (bicyclic) bond motifs is 2. The van der Waals surface area contributed by atoms with E-state index in [1.807, 2.05) is 36.4 Å². The fourth-order valence-electron chi connectivity index (χ4n) is 6.38. The number of benzene rings is 6. The lowest BCUT2D eigenvalue weighted by atomic mass is 9.83. The maximum absolute atomic E-state index is 14.2.